The van der Waals surface area contributed by atoms with Gasteiger partial charge in [0, 0.05) is 18.6 Å². The predicted molar refractivity (Wildman–Crippen MR) is 87.4 cm³/mol. The van der Waals surface area contributed by atoms with Crippen molar-refractivity contribution in [2.75, 3.05) is 13.7 Å². The van der Waals surface area contributed by atoms with Gasteiger partial charge in [0.2, 0.25) is 0 Å². The van der Waals surface area contributed by atoms with Crippen LogP contribution in [0.25, 0.3) is 0 Å². The second kappa shape index (κ2) is 7.85. The lowest BCUT2D eigenvalue weighted by molar-refractivity contribution is -0.146. The number of carboxylic acid groups (broad SMARTS) is 1. The van der Waals surface area contributed by atoms with E-state index in [1.165, 1.54) is 7.11 Å². The maximum Gasteiger partial charge on any atom is 0.317 e. The fourth-order valence-corrected chi connectivity index (χ4v) is 4.03. The van der Waals surface area contributed by atoms with Gasteiger partial charge in [-0.3, -0.25) is 9.59 Å². The van der Waals surface area contributed by atoms with Crippen LogP contribution in [0.1, 0.15) is 46.0 Å². The number of urea groups is 1. The summed E-state index contributed by atoms with van der Waals surface area (Å²) in [5, 5.41) is 12.1. The maximum absolute atomic E-state index is 12.6. The summed E-state index contributed by atoms with van der Waals surface area (Å²) in [6.07, 6.45) is 3.18. The number of carbonyl (C=O) groups excluding carboxylic acids is 2. The second-order valence-corrected chi connectivity index (χ2v) is 7.18. The normalized spacial score (nSPS) is 30.2. The molecule has 1 aliphatic heterocycles. The van der Waals surface area contributed by atoms with Gasteiger partial charge in [0.15, 0.2) is 0 Å². The van der Waals surface area contributed by atoms with Crippen LogP contribution in [0.4, 0.5) is 4.79 Å². The van der Waals surface area contributed by atoms with E-state index < -0.39 is 5.97 Å². The van der Waals surface area contributed by atoms with E-state index in [1.54, 1.807) is 4.90 Å². The first-order chi connectivity index (χ1) is 11.3. The largest absolute Gasteiger partial charge is 0.481 e. The molecular formula is C17H28N2O5. The first kappa shape index (κ1) is 18.5. The molecule has 1 saturated heterocycles. The highest BCUT2D eigenvalue weighted by atomic mass is 16.5. The standard InChI is InChI=1S/C17H28N2O5/c1-10(2)14-13(16(22)24-3)8-9-19(14)17(23)18-12-6-4-11(5-7-12)15(20)21/h10-14H,4-9H2,1-3H3,(H,18,23)(H,20,21)/t11?,12?,13-,14-/m0/s1. The molecule has 7 heteroatoms. The summed E-state index contributed by atoms with van der Waals surface area (Å²) in [6.45, 7) is 4.55. The van der Waals surface area contributed by atoms with Crippen molar-refractivity contribution in [2.45, 2.75) is 58.0 Å². The van der Waals surface area contributed by atoms with Crippen molar-refractivity contribution in [3.63, 3.8) is 0 Å². The molecule has 0 aromatic carbocycles. The Balaban J connectivity index is 1.94. The SMILES string of the molecule is COC(=O)[C@H]1CCN(C(=O)NC2CCC(C(=O)O)CC2)[C@H]1C(C)C. The Morgan fingerprint density at radius 1 is 1.12 bits per heavy atom. The smallest absolute Gasteiger partial charge is 0.317 e. The van der Waals surface area contributed by atoms with Crippen LogP contribution >= 0.6 is 0 Å². The first-order valence-corrected chi connectivity index (χ1v) is 8.73. The second-order valence-electron chi connectivity index (χ2n) is 7.18. The zero-order valence-electron chi connectivity index (χ0n) is 14.7. The Morgan fingerprint density at radius 2 is 1.75 bits per heavy atom. The van der Waals surface area contributed by atoms with Gasteiger partial charge in [-0.05, 0) is 38.0 Å². The quantitative estimate of drug-likeness (QED) is 0.762. The van der Waals surface area contributed by atoms with E-state index in [2.05, 4.69) is 5.32 Å². The zero-order valence-corrected chi connectivity index (χ0v) is 14.7. The van der Waals surface area contributed by atoms with Crippen LogP contribution in [0.2, 0.25) is 0 Å². The molecule has 0 radical (unpaired) electrons. The summed E-state index contributed by atoms with van der Waals surface area (Å²) >= 11 is 0. The van der Waals surface area contributed by atoms with Crippen molar-refractivity contribution in [1.29, 1.82) is 0 Å². The van der Waals surface area contributed by atoms with Crippen molar-refractivity contribution in [3.05, 3.63) is 0 Å². The van der Waals surface area contributed by atoms with Crippen LogP contribution in [-0.2, 0) is 14.3 Å². The summed E-state index contributed by atoms with van der Waals surface area (Å²) in [5.74, 6) is -1.42. The van der Waals surface area contributed by atoms with Gasteiger partial charge in [-0.25, -0.2) is 4.79 Å². The highest BCUT2D eigenvalue weighted by Crippen LogP contribution is 2.31. The molecule has 2 rings (SSSR count). The third-order valence-corrected chi connectivity index (χ3v) is 5.31. The number of nitrogens with one attached hydrogen (secondary N) is 1. The molecule has 1 aliphatic carbocycles. The summed E-state index contributed by atoms with van der Waals surface area (Å²) in [4.78, 5) is 37.3. The van der Waals surface area contributed by atoms with E-state index >= 15 is 0 Å². The lowest BCUT2D eigenvalue weighted by Crippen LogP contribution is -2.51. The number of ether oxygens (including phenoxy) is 1. The number of amides is 2. The molecule has 0 unspecified atom stereocenters. The molecular weight excluding hydrogens is 312 g/mol. The number of aliphatic carboxylic acids is 1. The minimum absolute atomic E-state index is 0.0121. The summed E-state index contributed by atoms with van der Waals surface area (Å²) in [6, 6.07) is -0.301. The van der Waals surface area contributed by atoms with E-state index in [0.29, 0.717) is 38.6 Å². The number of carboxylic acids is 1. The highest BCUT2D eigenvalue weighted by Gasteiger charge is 2.43. The molecule has 136 valence electrons. The Morgan fingerprint density at radius 3 is 2.25 bits per heavy atom. The van der Waals surface area contributed by atoms with Gasteiger partial charge < -0.3 is 20.1 Å². The molecule has 2 N–H and O–H groups in total. The Hall–Kier alpha value is -1.79. The van der Waals surface area contributed by atoms with Crippen LogP contribution in [0.3, 0.4) is 0 Å². The molecule has 0 bridgehead atoms. The molecule has 1 saturated carbocycles. The molecule has 24 heavy (non-hydrogen) atoms. The minimum Gasteiger partial charge on any atom is -0.481 e. The number of hydrogen-bond acceptors (Lipinski definition) is 4. The van der Waals surface area contributed by atoms with E-state index in [0.717, 1.165) is 0 Å². The van der Waals surface area contributed by atoms with Crippen LogP contribution in [0.15, 0.2) is 0 Å². The number of rotatable bonds is 4. The van der Waals surface area contributed by atoms with Crippen molar-refractivity contribution in [2.24, 2.45) is 17.8 Å². The average Bonchev–Trinajstić information content (AvgIpc) is 3.00. The van der Waals surface area contributed by atoms with Gasteiger partial charge in [0.05, 0.1) is 18.9 Å². The Labute approximate surface area is 142 Å². The number of hydrogen-bond donors (Lipinski definition) is 2. The fraction of sp³-hybridized carbons (Fsp3) is 0.824. The molecule has 7 nitrogen and oxygen atoms in total. The minimum atomic E-state index is -0.750. The van der Waals surface area contributed by atoms with E-state index in [4.69, 9.17) is 9.84 Å². The third-order valence-electron chi connectivity index (χ3n) is 5.31. The molecule has 1 heterocycles. The van der Waals surface area contributed by atoms with Gasteiger partial charge in [0.25, 0.3) is 0 Å². The van der Waals surface area contributed by atoms with Crippen molar-refractivity contribution in [1.82, 2.24) is 10.2 Å². The summed E-state index contributed by atoms with van der Waals surface area (Å²) in [7, 11) is 1.38. The monoisotopic (exact) mass is 340 g/mol. The van der Waals surface area contributed by atoms with Gasteiger partial charge in [-0.15, -0.1) is 0 Å². The molecule has 0 aromatic rings. The van der Waals surface area contributed by atoms with Crippen LogP contribution in [0.5, 0.6) is 0 Å². The van der Waals surface area contributed by atoms with Crippen molar-refractivity contribution < 1.29 is 24.2 Å². The summed E-state index contributed by atoms with van der Waals surface area (Å²) < 4.78 is 4.87. The van der Waals surface area contributed by atoms with E-state index in [1.807, 2.05) is 13.8 Å². The van der Waals surface area contributed by atoms with Crippen LogP contribution < -0.4 is 5.32 Å². The van der Waals surface area contributed by atoms with E-state index in [-0.39, 0.29) is 41.8 Å². The molecule has 2 aliphatic rings. The Bertz CT molecular complexity index is 485. The lowest BCUT2D eigenvalue weighted by atomic mass is 9.86. The average molecular weight is 340 g/mol. The number of methoxy groups -OCH3 is 1. The molecule has 2 amide bonds. The van der Waals surface area contributed by atoms with E-state index in [9.17, 15) is 14.4 Å². The lowest BCUT2D eigenvalue weighted by Gasteiger charge is -2.33. The molecule has 0 spiro atoms. The summed E-state index contributed by atoms with van der Waals surface area (Å²) in [5.41, 5.74) is 0. The van der Waals surface area contributed by atoms with Crippen LogP contribution in [-0.4, -0.2) is 53.7 Å². The zero-order chi connectivity index (χ0) is 17.9. The Kier molecular flexibility index (Phi) is 6.07. The topological polar surface area (TPSA) is 95.9 Å². The fourth-order valence-electron chi connectivity index (χ4n) is 4.03. The first-order valence-electron chi connectivity index (χ1n) is 8.73. The molecule has 2 atom stereocenters. The van der Waals surface area contributed by atoms with Crippen LogP contribution in [0, 0.1) is 17.8 Å². The van der Waals surface area contributed by atoms with Crippen molar-refractivity contribution >= 4 is 18.0 Å². The van der Waals surface area contributed by atoms with Gasteiger partial charge in [-0.1, -0.05) is 13.8 Å². The van der Waals surface area contributed by atoms with Gasteiger partial charge in [-0.2, -0.15) is 0 Å². The molecule has 0 aromatic heterocycles. The van der Waals surface area contributed by atoms with Crippen molar-refractivity contribution in [3.8, 4) is 0 Å². The predicted octanol–water partition coefficient (Wildman–Crippen LogP) is 1.86. The number of nitrogens with zero attached hydrogens (tertiary/aromatic N) is 1. The maximum atomic E-state index is 12.6. The van der Waals surface area contributed by atoms with Gasteiger partial charge in [0.1, 0.15) is 0 Å². The molecule has 2 fully saturated rings. The highest BCUT2D eigenvalue weighted by molar-refractivity contribution is 5.79. The number of carbonyl (C=O) groups is 3. The third kappa shape index (κ3) is 3.99. The number of likely N-dealkylation sites (tertiary alicyclic amines) is 1. The number of esters is 1. The van der Waals surface area contributed by atoms with Gasteiger partial charge >= 0.3 is 18.0 Å².